The predicted octanol–water partition coefficient (Wildman–Crippen LogP) is 4.27. The lowest BCUT2D eigenvalue weighted by Gasteiger charge is -2.38. The Labute approximate surface area is 204 Å². The van der Waals surface area contributed by atoms with Crippen LogP contribution in [0.15, 0.2) is 23.2 Å². The first kappa shape index (κ1) is 24.3. The summed E-state index contributed by atoms with van der Waals surface area (Å²) in [5.74, 6) is 5.81. The Bertz CT molecular complexity index is 1020. The third kappa shape index (κ3) is 5.29. The van der Waals surface area contributed by atoms with E-state index in [4.69, 9.17) is 37.6 Å². The number of hydrogen-bond acceptors (Lipinski definition) is 7. The van der Waals surface area contributed by atoms with E-state index in [0.717, 1.165) is 38.5 Å². The van der Waals surface area contributed by atoms with Crippen LogP contribution in [0.3, 0.4) is 0 Å². The number of nitrogens with two attached hydrogens (primary N) is 1. The minimum atomic E-state index is -0.511. The van der Waals surface area contributed by atoms with Gasteiger partial charge >= 0.3 is 6.09 Å². The van der Waals surface area contributed by atoms with Crippen molar-refractivity contribution in [1.82, 2.24) is 10.3 Å². The zero-order valence-electron chi connectivity index (χ0n) is 19.5. The Balaban J connectivity index is 1.32. The van der Waals surface area contributed by atoms with Crippen molar-refractivity contribution >= 4 is 35.1 Å². The molecule has 1 amide bonds. The van der Waals surface area contributed by atoms with E-state index in [0.29, 0.717) is 28.7 Å². The Morgan fingerprint density at radius 3 is 2.65 bits per heavy atom. The molecule has 1 aromatic carbocycles. The monoisotopic (exact) mass is 486 g/mol. The fourth-order valence-corrected chi connectivity index (χ4v) is 5.00. The number of benzene rings is 1. The second-order valence-corrected chi connectivity index (χ2v) is 10.2. The molecule has 10 heteroatoms. The molecule has 4 N–H and O–H groups in total. The summed E-state index contributed by atoms with van der Waals surface area (Å²) in [5.41, 5.74) is 3.16. The molecule has 0 radical (unpaired) electrons. The van der Waals surface area contributed by atoms with Crippen LogP contribution in [0.5, 0.6) is 0 Å². The van der Waals surface area contributed by atoms with Gasteiger partial charge in [-0.3, -0.25) is 5.41 Å². The molecule has 2 bridgehead atoms. The Hall–Kier alpha value is -2.83. The number of fused-ring (bicyclic) bond motifs is 2. The average Bonchev–Trinajstić information content (AvgIpc) is 3.48. The van der Waals surface area contributed by atoms with Crippen LogP contribution in [-0.2, 0) is 9.47 Å². The molecule has 2 aliphatic heterocycles. The number of amidine groups is 1. The molecule has 3 aliphatic rings. The fraction of sp³-hybridized carbons (Fsp3) is 0.583. The Morgan fingerprint density at radius 2 is 2.09 bits per heavy atom. The molecule has 3 fully saturated rings. The van der Waals surface area contributed by atoms with Gasteiger partial charge in [-0.2, -0.15) is 5.26 Å². The second kappa shape index (κ2) is 9.80. The van der Waals surface area contributed by atoms with Crippen molar-refractivity contribution in [3.8, 4) is 6.07 Å². The van der Waals surface area contributed by atoms with E-state index >= 15 is 0 Å². The van der Waals surface area contributed by atoms with E-state index in [1.165, 1.54) is 6.07 Å². The van der Waals surface area contributed by atoms with Gasteiger partial charge in [0.2, 0.25) is 0 Å². The van der Waals surface area contributed by atoms with Crippen LogP contribution in [0.2, 0.25) is 5.02 Å². The maximum Gasteiger partial charge on any atom is 0.410 e. The summed E-state index contributed by atoms with van der Waals surface area (Å²) < 4.78 is 11.5. The highest BCUT2D eigenvalue weighted by Gasteiger charge is 2.48. The molecule has 0 aromatic heterocycles. The van der Waals surface area contributed by atoms with Gasteiger partial charge in [-0.25, -0.2) is 15.6 Å². The fourth-order valence-electron chi connectivity index (χ4n) is 4.77. The molecule has 3 unspecified atom stereocenters. The Morgan fingerprint density at radius 1 is 1.41 bits per heavy atom. The molecule has 2 heterocycles. The summed E-state index contributed by atoms with van der Waals surface area (Å²) in [6, 6.07) is 7.16. The van der Waals surface area contributed by atoms with Gasteiger partial charge in [0.05, 0.1) is 34.9 Å². The van der Waals surface area contributed by atoms with Crippen LogP contribution in [0.4, 0.5) is 10.5 Å². The lowest BCUT2D eigenvalue weighted by molar-refractivity contribution is 0.0211. The van der Waals surface area contributed by atoms with Gasteiger partial charge in [0.15, 0.2) is 5.90 Å². The topological polar surface area (TPSA) is 137 Å². The van der Waals surface area contributed by atoms with E-state index in [1.807, 2.05) is 17.9 Å². The number of nitrogens with zero attached hydrogens (tertiary/aromatic N) is 3. The number of carbonyl (C=O) groups is 1. The number of nitriles is 1. The number of ether oxygens (including phenoxy) is 2. The van der Waals surface area contributed by atoms with Gasteiger partial charge in [-0.15, -0.1) is 0 Å². The Kier molecular flexibility index (Phi) is 7.01. The molecule has 9 nitrogen and oxygen atoms in total. The van der Waals surface area contributed by atoms with Gasteiger partial charge in [0.25, 0.3) is 0 Å². The van der Waals surface area contributed by atoms with Gasteiger partial charge in [0.1, 0.15) is 11.4 Å². The first-order valence-electron chi connectivity index (χ1n) is 11.7. The number of halogens is 1. The SMILES string of the molecule is CC(C(=N)OCC1CC2CCC(C1)N2C(=O)OC1(C)CC1)C(=Nc1ccc(C#N)cc1Cl)NN. The number of carbonyl (C=O) groups excluding carboxylic acids is 1. The highest BCUT2D eigenvalue weighted by atomic mass is 35.5. The first-order chi connectivity index (χ1) is 16.2. The molecule has 2 saturated heterocycles. The summed E-state index contributed by atoms with van der Waals surface area (Å²) in [7, 11) is 0. The highest BCUT2D eigenvalue weighted by molar-refractivity contribution is 6.33. The zero-order valence-corrected chi connectivity index (χ0v) is 20.3. The average molecular weight is 487 g/mol. The lowest BCUT2D eigenvalue weighted by atomic mass is 9.91. The van der Waals surface area contributed by atoms with Crippen LogP contribution >= 0.6 is 11.6 Å². The molecule has 1 saturated carbocycles. The van der Waals surface area contributed by atoms with Crippen molar-refractivity contribution in [2.75, 3.05) is 6.61 Å². The summed E-state index contributed by atoms with van der Waals surface area (Å²) in [6.45, 7) is 4.18. The van der Waals surface area contributed by atoms with E-state index < -0.39 is 5.92 Å². The summed E-state index contributed by atoms with van der Waals surface area (Å²) in [6.07, 6.45) is 5.38. The maximum atomic E-state index is 12.7. The van der Waals surface area contributed by atoms with Crippen molar-refractivity contribution in [1.29, 1.82) is 10.7 Å². The lowest BCUT2D eigenvalue weighted by Crippen LogP contribution is -2.48. The largest absolute Gasteiger partial charge is 0.480 e. The molecule has 1 aromatic rings. The van der Waals surface area contributed by atoms with Crippen LogP contribution < -0.4 is 11.3 Å². The van der Waals surface area contributed by atoms with E-state index in [-0.39, 0.29) is 35.6 Å². The summed E-state index contributed by atoms with van der Waals surface area (Å²) in [5, 5.41) is 17.7. The van der Waals surface area contributed by atoms with Crippen molar-refractivity contribution in [2.24, 2.45) is 22.7 Å². The third-order valence-electron chi connectivity index (χ3n) is 7.07. The number of aliphatic imine (C=N–C) groups is 1. The number of amides is 1. The molecule has 182 valence electrons. The standard InChI is InChI=1S/C24H31ClN6O3/c1-14(22(30-28)29-20-6-3-15(12-26)11-19(20)25)21(27)33-13-16-9-17-4-5-18(10-16)31(17)23(32)34-24(2)7-8-24/h3,6,11,14,16-18,27H,4-5,7-10,13,28H2,1-2H3,(H,29,30). The maximum absolute atomic E-state index is 12.7. The molecule has 34 heavy (non-hydrogen) atoms. The minimum Gasteiger partial charge on any atom is -0.480 e. The number of nitrogens with one attached hydrogen (secondary N) is 2. The van der Waals surface area contributed by atoms with Gasteiger partial charge in [-0.05, 0) is 76.5 Å². The molecular weight excluding hydrogens is 456 g/mol. The third-order valence-corrected chi connectivity index (χ3v) is 7.38. The van der Waals surface area contributed by atoms with Crippen molar-refractivity contribution in [3.63, 3.8) is 0 Å². The smallest absolute Gasteiger partial charge is 0.410 e. The van der Waals surface area contributed by atoms with Gasteiger partial charge < -0.3 is 19.8 Å². The van der Waals surface area contributed by atoms with Crippen LogP contribution in [-0.4, -0.2) is 47.0 Å². The predicted molar refractivity (Wildman–Crippen MR) is 129 cm³/mol. The summed E-state index contributed by atoms with van der Waals surface area (Å²) in [4.78, 5) is 19.0. The molecule has 0 spiro atoms. The normalized spacial score (nSPS) is 25.8. The second-order valence-electron chi connectivity index (χ2n) is 9.76. The highest BCUT2D eigenvalue weighted by Crippen LogP contribution is 2.43. The zero-order chi connectivity index (χ0) is 24.5. The summed E-state index contributed by atoms with van der Waals surface area (Å²) >= 11 is 6.21. The number of rotatable bonds is 6. The van der Waals surface area contributed by atoms with Crippen LogP contribution in [0.25, 0.3) is 0 Å². The van der Waals surface area contributed by atoms with E-state index in [2.05, 4.69) is 10.4 Å². The first-order valence-corrected chi connectivity index (χ1v) is 12.1. The van der Waals surface area contributed by atoms with Crippen LogP contribution in [0, 0.1) is 28.6 Å². The van der Waals surface area contributed by atoms with Crippen molar-refractivity contribution < 1.29 is 14.3 Å². The number of hydrazine groups is 1. The molecular formula is C24H31ClN6O3. The quantitative estimate of drug-likeness (QED) is 0.237. The van der Waals surface area contributed by atoms with E-state index in [9.17, 15) is 4.79 Å². The van der Waals surface area contributed by atoms with Gasteiger partial charge in [0, 0.05) is 12.1 Å². The van der Waals surface area contributed by atoms with Crippen LogP contribution in [0.1, 0.15) is 57.9 Å². The number of piperidine rings is 1. The molecule has 4 rings (SSSR count). The molecule has 1 aliphatic carbocycles. The minimum absolute atomic E-state index is 0.0531. The van der Waals surface area contributed by atoms with E-state index in [1.54, 1.807) is 19.1 Å². The number of hydrogen-bond donors (Lipinski definition) is 3. The van der Waals surface area contributed by atoms with Gasteiger partial charge in [-0.1, -0.05) is 11.6 Å². The van der Waals surface area contributed by atoms with Crippen molar-refractivity contribution in [2.45, 2.75) is 70.1 Å². The van der Waals surface area contributed by atoms with Crippen molar-refractivity contribution in [3.05, 3.63) is 28.8 Å². The molecule has 3 atom stereocenters.